The molecule has 1 saturated carbocycles. The first-order chi connectivity index (χ1) is 10.5. The molecule has 0 aromatic carbocycles. The van der Waals surface area contributed by atoms with E-state index in [-0.39, 0.29) is 44.1 Å². The van der Waals surface area contributed by atoms with E-state index in [4.69, 9.17) is 5.11 Å². The maximum absolute atomic E-state index is 13.1. The van der Waals surface area contributed by atoms with E-state index in [9.17, 15) is 13.6 Å². The highest BCUT2D eigenvalue weighted by atomic mass is 32.2. The Balaban J connectivity index is 1.87. The predicted molar refractivity (Wildman–Crippen MR) is 83.0 cm³/mol. The van der Waals surface area contributed by atoms with Crippen molar-refractivity contribution in [1.29, 1.82) is 0 Å². The van der Waals surface area contributed by atoms with Gasteiger partial charge in [0.15, 0.2) is 0 Å². The standard InChI is InChI=1S/C15H20F2N2O2S/c16-15(17)4-1-12(2-5-15)14(21)19-13-9-11(3-6-18-13)10-22-8-7-20/h3,6,9,12,20H,1-2,4-5,7-8,10H2,(H,18,19,21). The molecule has 0 unspecified atom stereocenters. The van der Waals surface area contributed by atoms with Gasteiger partial charge in [-0.3, -0.25) is 4.79 Å². The third-order valence-electron chi connectivity index (χ3n) is 3.67. The molecule has 4 nitrogen and oxygen atoms in total. The number of rotatable bonds is 6. The molecular formula is C15H20F2N2O2S. The average molecular weight is 330 g/mol. The summed E-state index contributed by atoms with van der Waals surface area (Å²) in [5.41, 5.74) is 0.999. The molecule has 22 heavy (non-hydrogen) atoms. The lowest BCUT2D eigenvalue weighted by atomic mass is 9.86. The van der Waals surface area contributed by atoms with Gasteiger partial charge in [0.2, 0.25) is 11.8 Å². The second-order valence-corrected chi connectivity index (χ2v) is 6.55. The summed E-state index contributed by atoms with van der Waals surface area (Å²) in [6, 6.07) is 3.63. The number of anilines is 1. The lowest BCUT2D eigenvalue weighted by molar-refractivity contribution is -0.124. The molecule has 1 amide bonds. The number of hydrogen-bond donors (Lipinski definition) is 2. The number of carbonyl (C=O) groups excluding carboxylic acids is 1. The molecule has 0 spiro atoms. The van der Waals surface area contributed by atoms with Crippen molar-refractivity contribution in [2.45, 2.75) is 37.4 Å². The van der Waals surface area contributed by atoms with Gasteiger partial charge in [-0.15, -0.1) is 0 Å². The van der Waals surface area contributed by atoms with Gasteiger partial charge in [0.25, 0.3) is 0 Å². The molecule has 7 heteroatoms. The van der Waals surface area contributed by atoms with Gasteiger partial charge in [-0.25, -0.2) is 13.8 Å². The fraction of sp³-hybridized carbons (Fsp3) is 0.600. The van der Waals surface area contributed by atoms with Crippen molar-refractivity contribution in [3.8, 4) is 0 Å². The maximum Gasteiger partial charge on any atom is 0.248 e. The minimum atomic E-state index is -2.63. The summed E-state index contributed by atoms with van der Waals surface area (Å²) in [7, 11) is 0. The quantitative estimate of drug-likeness (QED) is 0.787. The SMILES string of the molecule is O=C(Nc1cc(CSCCO)ccn1)C1CCC(F)(F)CC1. The molecule has 0 bridgehead atoms. The van der Waals surface area contributed by atoms with Crippen LogP contribution in [0.15, 0.2) is 18.3 Å². The minimum absolute atomic E-state index is 0.131. The molecule has 0 atom stereocenters. The Morgan fingerprint density at radius 1 is 1.45 bits per heavy atom. The number of amides is 1. The molecule has 1 heterocycles. The molecule has 0 saturated heterocycles. The average Bonchev–Trinajstić information content (AvgIpc) is 2.48. The van der Waals surface area contributed by atoms with Crippen molar-refractivity contribution in [3.63, 3.8) is 0 Å². The van der Waals surface area contributed by atoms with Gasteiger partial charge in [-0.1, -0.05) is 0 Å². The summed E-state index contributed by atoms with van der Waals surface area (Å²) in [4.78, 5) is 16.2. The Morgan fingerprint density at radius 3 is 2.86 bits per heavy atom. The highest BCUT2D eigenvalue weighted by Gasteiger charge is 2.37. The number of thioether (sulfide) groups is 1. The van der Waals surface area contributed by atoms with Crippen LogP contribution in [-0.2, 0) is 10.5 Å². The fourth-order valence-electron chi connectivity index (χ4n) is 2.42. The van der Waals surface area contributed by atoms with E-state index in [1.807, 2.05) is 6.07 Å². The first kappa shape index (κ1) is 17.1. The number of aliphatic hydroxyl groups is 1. The third-order valence-corrected chi connectivity index (χ3v) is 4.68. The van der Waals surface area contributed by atoms with Crippen molar-refractivity contribution < 1.29 is 18.7 Å². The van der Waals surface area contributed by atoms with Crippen LogP contribution in [0.4, 0.5) is 14.6 Å². The molecule has 1 fully saturated rings. The summed E-state index contributed by atoms with van der Waals surface area (Å²) in [6.07, 6.45) is 1.59. The molecule has 1 aliphatic rings. The van der Waals surface area contributed by atoms with E-state index >= 15 is 0 Å². The summed E-state index contributed by atoms with van der Waals surface area (Å²) < 4.78 is 26.2. The molecule has 1 aromatic rings. The number of nitrogens with zero attached hydrogens (tertiary/aromatic N) is 1. The number of halogens is 2. The van der Waals surface area contributed by atoms with Gasteiger partial charge in [-0.05, 0) is 30.5 Å². The van der Waals surface area contributed by atoms with Crippen LogP contribution < -0.4 is 5.32 Å². The summed E-state index contributed by atoms with van der Waals surface area (Å²) in [5.74, 6) is -1.40. The Bertz CT molecular complexity index is 504. The second-order valence-electron chi connectivity index (χ2n) is 5.44. The topological polar surface area (TPSA) is 62.2 Å². The van der Waals surface area contributed by atoms with Gasteiger partial charge >= 0.3 is 0 Å². The number of alkyl halides is 2. The van der Waals surface area contributed by atoms with Gasteiger partial charge < -0.3 is 10.4 Å². The Labute approximate surface area is 132 Å². The Morgan fingerprint density at radius 2 is 2.18 bits per heavy atom. The molecular weight excluding hydrogens is 310 g/mol. The van der Waals surface area contributed by atoms with E-state index in [0.29, 0.717) is 11.6 Å². The first-order valence-corrected chi connectivity index (χ1v) is 8.48. The number of aromatic nitrogens is 1. The van der Waals surface area contributed by atoms with Crippen LogP contribution in [0, 0.1) is 5.92 Å². The van der Waals surface area contributed by atoms with E-state index in [2.05, 4.69) is 10.3 Å². The van der Waals surface area contributed by atoms with Crippen LogP contribution in [0.2, 0.25) is 0 Å². The number of hydrogen-bond acceptors (Lipinski definition) is 4. The fourth-order valence-corrected chi connectivity index (χ4v) is 3.11. The van der Waals surface area contributed by atoms with Crippen LogP contribution in [0.25, 0.3) is 0 Å². The van der Waals surface area contributed by atoms with Crippen molar-refractivity contribution in [2.75, 3.05) is 17.7 Å². The third kappa shape index (κ3) is 5.21. The lowest BCUT2D eigenvalue weighted by Crippen LogP contribution is -2.32. The van der Waals surface area contributed by atoms with Crippen molar-refractivity contribution in [2.24, 2.45) is 5.92 Å². The van der Waals surface area contributed by atoms with Gasteiger partial charge in [-0.2, -0.15) is 11.8 Å². The van der Waals surface area contributed by atoms with Crippen molar-refractivity contribution in [3.05, 3.63) is 23.9 Å². The smallest absolute Gasteiger partial charge is 0.248 e. The molecule has 1 aliphatic carbocycles. The van der Waals surface area contributed by atoms with Crippen molar-refractivity contribution >= 4 is 23.5 Å². The molecule has 2 N–H and O–H groups in total. The largest absolute Gasteiger partial charge is 0.396 e. The zero-order chi connectivity index (χ0) is 16.0. The van der Waals surface area contributed by atoms with Gasteiger partial charge in [0.05, 0.1) is 6.61 Å². The maximum atomic E-state index is 13.1. The minimum Gasteiger partial charge on any atom is -0.396 e. The van der Waals surface area contributed by atoms with Crippen LogP contribution in [-0.4, -0.2) is 34.3 Å². The number of carbonyl (C=O) groups is 1. The number of pyridine rings is 1. The Hall–Kier alpha value is -1.21. The van der Waals surface area contributed by atoms with Gasteiger partial charge in [0, 0.05) is 36.5 Å². The van der Waals surface area contributed by atoms with Crippen molar-refractivity contribution in [1.82, 2.24) is 4.98 Å². The summed E-state index contributed by atoms with van der Waals surface area (Å²) in [5, 5.41) is 11.5. The van der Waals surface area contributed by atoms with Crippen LogP contribution >= 0.6 is 11.8 Å². The first-order valence-electron chi connectivity index (χ1n) is 7.32. The van der Waals surface area contributed by atoms with Crippen LogP contribution in [0.3, 0.4) is 0 Å². The van der Waals surface area contributed by atoms with Crippen LogP contribution in [0.1, 0.15) is 31.2 Å². The Kier molecular flexibility index (Phi) is 6.14. The highest BCUT2D eigenvalue weighted by Crippen LogP contribution is 2.36. The van der Waals surface area contributed by atoms with Crippen LogP contribution in [0.5, 0.6) is 0 Å². The monoisotopic (exact) mass is 330 g/mol. The summed E-state index contributed by atoms with van der Waals surface area (Å²) >= 11 is 1.59. The molecule has 2 rings (SSSR count). The molecule has 122 valence electrons. The number of nitrogens with one attached hydrogen (secondary N) is 1. The summed E-state index contributed by atoms with van der Waals surface area (Å²) in [6.45, 7) is 0.131. The highest BCUT2D eigenvalue weighted by molar-refractivity contribution is 7.98. The van der Waals surface area contributed by atoms with E-state index in [0.717, 1.165) is 11.3 Å². The lowest BCUT2D eigenvalue weighted by Gasteiger charge is -2.27. The zero-order valence-corrected chi connectivity index (χ0v) is 13.0. The molecule has 1 aromatic heterocycles. The molecule has 0 aliphatic heterocycles. The zero-order valence-electron chi connectivity index (χ0n) is 12.2. The van der Waals surface area contributed by atoms with E-state index in [1.54, 1.807) is 24.0 Å². The normalized spacial score (nSPS) is 18.1. The molecule has 0 radical (unpaired) electrons. The van der Waals surface area contributed by atoms with E-state index in [1.165, 1.54) is 0 Å². The second kappa shape index (κ2) is 7.87. The number of aliphatic hydroxyl groups excluding tert-OH is 1. The predicted octanol–water partition coefficient (Wildman–Crippen LogP) is 3.07. The van der Waals surface area contributed by atoms with E-state index < -0.39 is 5.92 Å². The van der Waals surface area contributed by atoms with Gasteiger partial charge in [0.1, 0.15) is 5.82 Å².